The molecule has 2 aromatic carbocycles. The third-order valence-corrected chi connectivity index (χ3v) is 6.77. The van der Waals surface area contributed by atoms with Crippen LogP contribution < -0.4 is 10.2 Å². The molecule has 0 saturated carbocycles. The standard InChI is InChI=1S/C23H27FN4O/c24-18-5-7-19(8-6-18)28-15-13-26(14-16-28)11-12-27-10-9-23(17-27)20-3-1-2-4-21(20)25-22(23)29/h1-8H,9-17H2,(H,25,29). The summed E-state index contributed by atoms with van der Waals surface area (Å²) in [6, 6.07) is 14.9. The number of anilines is 2. The summed E-state index contributed by atoms with van der Waals surface area (Å²) in [6.07, 6.45) is 0.897. The maximum Gasteiger partial charge on any atom is 0.236 e. The average molecular weight is 394 g/mol. The summed E-state index contributed by atoms with van der Waals surface area (Å²) >= 11 is 0. The van der Waals surface area contributed by atoms with Crippen LogP contribution in [0.15, 0.2) is 48.5 Å². The molecule has 6 heteroatoms. The van der Waals surface area contributed by atoms with E-state index >= 15 is 0 Å². The highest BCUT2D eigenvalue weighted by atomic mass is 19.1. The molecule has 1 atom stereocenters. The molecule has 29 heavy (non-hydrogen) atoms. The van der Waals surface area contributed by atoms with Crippen molar-refractivity contribution in [2.75, 3.05) is 62.6 Å². The minimum absolute atomic E-state index is 0.161. The van der Waals surface area contributed by atoms with Crippen molar-refractivity contribution < 1.29 is 9.18 Å². The van der Waals surface area contributed by atoms with Gasteiger partial charge in [-0.2, -0.15) is 0 Å². The molecule has 5 nitrogen and oxygen atoms in total. The molecule has 1 unspecified atom stereocenters. The molecule has 3 heterocycles. The van der Waals surface area contributed by atoms with Crippen molar-refractivity contribution >= 4 is 17.3 Å². The lowest BCUT2D eigenvalue weighted by molar-refractivity contribution is -0.120. The SMILES string of the molecule is O=C1Nc2ccccc2C12CCN(CCN1CCN(c3ccc(F)cc3)CC1)C2. The number of para-hydroxylation sites is 1. The molecule has 3 aliphatic heterocycles. The van der Waals surface area contributed by atoms with E-state index in [1.807, 2.05) is 30.3 Å². The third kappa shape index (κ3) is 3.40. The number of carbonyl (C=O) groups is 1. The first-order valence-electron chi connectivity index (χ1n) is 10.5. The minimum Gasteiger partial charge on any atom is -0.369 e. The molecule has 1 N–H and O–H groups in total. The summed E-state index contributed by atoms with van der Waals surface area (Å²) < 4.78 is 13.1. The maximum absolute atomic E-state index is 13.1. The van der Waals surface area contributed by atoms with E-state index in [-0.39, 0.29) is 17.1 Å². The number of hydrogen-bond donors (Lipinski definition) is 1. The first-order chi connectivity index (χ1) is 14.1. The molecule has 0 bridgehead atoms. The van der Waals surface area contributed by atoms with E-state index in [0.29, 0.717) is 0 Å². The third-order valence-electron chi connectivity index (χ3n) is 6.77. The lowest BCUT2D eigenvalue weighted by Crippen LogP contribution is -2.48. The Morgan fingerprint density at radius 3 is 2.41 bits per heavy atom. The van der Waals surface area contributed by atoms with Crippen molar-refractivity contribution in [2.24, 2.45) is 0 Å². The maximum atomic E-state index is 13.1. The fraction of sp³-hybridized carbons (Fsp3) is 0.435. The first kappa shape index (κ1) is 18.6. The lowest BCUT2D eigenvalue weighted by Gasteiger charge is -2.36. The van der Waals surface area contributed by atoms with Gasteiger partial charge in [0.15, 0.2) is 0 Å². The number of fused-ring (bicyclic) bond motifs is 2. The Kier molecular flexibility index (Phi) is 4.76. The average Bonchev–Trinajstić information content (AvgIpc) is 3.30. The number of likely N-dealkylation sites (tertiary alicyclic amines) is 1. The van der Waals surface area contributed by atoms with Gasteiger partial charge in [0.2, 0.25) is 5.91 Å². The molecule has 0 radical (unpaired) electrons. The van der Waals surface area contributed by atoms with Crippen LogP contribution in [0.2, 0.25) is 0 Å². The Labute approximate surface area is 171 Å². The Hall–Kier alpha value is -2.44. The number of nitrogens with zero attached hydrogens (tertiary/aromatic N) is 3. The second-order valence-corrected chi connectivity index (χ2v) is 8.41. The van der Waals surface area contributed by atoms with Gasteiger partial charge in [-0.1, -0.05) is 18.2 Å². The Morgan fingerprint density at radius 2 is 1.62 bits per heavy atom. The molecule has 2 aromatic rings. The van der Waals surface area contributed by atoms with Crippen LogP contribution in [0.1, 0.15) is 12.0 Å². The van der Waals surface area contributed by atoms with Crippen LogP contribution in [0.4, 0.5) is 15.8 Å². The van der Waals surface area contributed by atoms with Gasteiger partial charge in [-0.05, 0) is 48.9 Å². The molecule has 2 saturated heterocycles. The van der Waals surface area contributed by atoms with Crippen molar-refractivity contribution in [3.05, 3.63) is 59.9 Å². The van der Waals surface area contributed by atoms with Gasteiger partial charge in [0, 0.05) is 57.2 Å². The number of nitrogens with one attached hydrogen (secondary N) is 1. The van der Waals surface area contributed by atoms with Crippen LogP contribution in [0.3, 0.4) is 0 Å². The van der Waals surface area contributed by atoms with Crippen molar-refractivity contribution in [3.8, 4) is 0 Å². The largest absolute Gasteiger partial charge is 0.369 e. The molecule has 1 amide bonds. The van der Waals surface area contributed by atoms with Crippen LogP contribution in [0.5, 0.6) is 0 Å². The smallest absolute Gasteiger partial charge is 0.236 e. The Balaban J connectivity index is 1.14. The summed E-state index contributed by atoms with van der Waals surface area (Å²) in [6.45, 7) is 7.75. The molecule has 3 aliphatic rings. The molecular weight excluding hydrogens is 367 g/mol. The highest BCUT2D eigenvalue weighted by Crippen LogP contribution is 2.43. The zero-order valence-electron chi connectivity index (χ0n) is 16.6. The van der Waals surface area contributed by atoms with E-state index in [0.717, 1.165) is 70.2 Å². The van der Waals surface area contributed by atoms with E-state index in [1.165, 1.54) is 17.7 Å². The van der Waals surface area contributed by atoms with Crippen LogP contribution in [-0.4, -0.2) is 68.1 Å². The van der Waals surface area contributed by atoms with Gasteiger partial charge < -0.3 is 15.1 Å². The molecule has 1 spiro atoms. The fourth-order valence-electron chi connectivity index (χ4n) is 5.02. The number of amides is 1. The van der Waals surface area contributed by atoms with Crippen LogP contribution in [0, 0.1) is 5.82 Å². The second kappa shape index (κ2) is 7.43. The fourth-order valence-corrected chi connectivity index (χ4v) is 5.02. The van der Waals surface area contributed by atoms with Crippen LogP contribution >= 0.6 is 0 Å². The minimum atomic E-state index is -0.363. The van der Waals surface area contributed by atoms with Crippen molar-refractivity contribution in [1.82, 2.24) is 9.80 Å². The van der Waals surface area contributed by atoms with Crippen LogP contribution in [0.25, 0.3) is 0 Å². The highest BCUT2D eigenvalue weighted by Gasteiger charge is 2.50. The van der Waals surface area contributed by atoms with E-state index < -0.39 is 0 Å². The van der Waals surface area contributed by atoms with Gasteiger partial charge in [0.05, 0.1) is 5.41 Å². The summed E-state index contributed by atoms with van der Waals surface area (Å²) in [5.41, 5.74) is 2.88. The lowest BCUT2D eigenvalue weighted by atomic mass is 9.81. The van der Waals surface area contributed by atoms with Gasteiger partial charge in [-0.15, -0.1) is 0 Å². The number of halogens is 1. The molecule has 152 valence electrons. The number of piperazine rings is 1. The predicted molar refractivity (Wildman–Crippen MR) is 113 cm³/mol. The summed E-state index contributed by atoms with van der Waals surface area (Å²) in [4.78, 5) is 20.0. The van der Waals surface area contributed by atoms with Gasteiger partial charge in [0.1, 0.15) is 5.82 Å². The Morgan fingerprint density at radius 1 is 0.897 bits per heavy atom. The monoisotopic (exact) mass is 394 g/mol. The van der Waals surface area contributed by atoms with Gasteiger partial charge >= 0.3 is 0 Å². The van der Waals surface area contributed by atoms with E-state index in [9.17, 15) is 9.18 Å². The summed E-state index contributed by atoms with van der Waals surface area (Å²) in [5, 5.41) is 3.08. The first-order valence-corrected chi connectivity index (χ1v) is 10.5. The van der Waals surface area contributed by atoms with Gasteiger partial charge in [-0.25, -0.2) is 4.39 Å². The summed E-state index contributed by atoms with van der Waals surface area (Å²) in [7, 11) is 0. The molecular formula is C23H27FN4O. The predicted octanol–water partition coefficient (Wildman–Crippen LogP) is 2.54. The molecule has 5 rings (SSSR count). The number of carbonyl (C=O) groups excluding carboxylic acids is 1. The van der Waals surface area contributed by atoms with E-state index in [2.05, 4.69) is 26.1 Å². The van der Waals surface area contributed by atoms with Crippen molar-refractivity contribution in [1.29, 1.82) is 0 Å². The Bertz CT molecular complexity index is 894. The number of benzene rings is 2. The summed E-state index contributed by atoms with van der Waals surface area (Å²) in [5.74, 6) is -0.0246. The quantitative estimate of drug-likeness (QED) is 0.865. The number of hydrogen-bond acceptors (Lipinski definition) is 4. The van der Waals surface area contributed by atoms with E-state index in [1.54, 1.807) is 0 Å². The van der Waals surface area contributed by atoms with Gasteiger partial charge in [0.25, 0.3) is 0 Å². The van der Waals surface area contributed by atoms with Gasteiger partial charge in [-0.3, -0.25) is 9.69 Å². The van der Waals surface area contributed by atoms with E-state index in [4.69, 9.17) is 0 Å². The zero-order valence-corrected chi connectivity index (χ0v) is 16.6. The normalized spacial score (nSPS) is 24.9. The molecule has 2 fully saturated rings. The van der Waals surface area contributed by atoms with Crippen molar-refractivity contribution in [2.45, 2.75) is 11.8 Å². The molecule has 0 aliphatic carbocycles. The topological polar surface area (TPSA) is 38.8 Å². The van der Waals surface area contributed by atoms with Crippen LogP contribution in [-0.2, 0) is 10.2 Å². The number of rotatable bonds is 4. The highest BCUT2D eigenvalue weighted by molar-refractivity contribution is 6.06. The zero-order chi connectivity index (χ0) is 19.8. The second-order valence-electron chi connectivity index (χ2n) is 8.41. The van der Waals surface area contributed by atoms with Crippen molar-refractivity contribution in [3.63, 3.8) is 0 Å². The molecule has 0 aromatic heterocycles.